The number of morpholine rings is 1. The second kappa shape index (κ2) is 7.17. The minimum atomic E-state index is 0. The van der Waals surface area contributed by atoms with Gasteiger partial charge in [0.2, 0.25) is 0 Å². The van der Waals surface area contributed by atoms with Gasteiger partial charge in [-0.25, -0.2) is 0 Å². The molecule has 52 valence electrons. The van der Waals surface area contributed by atoms with Crippen molar-refractivity contribution in [1.29, 1.82) is 0 Å². The molecule has 0 aromatic heterocycles. The van der Waals surface area contributed by atoms with Crippen molar-refractivity contribution in [2.24, 2.45) is 0 Å². The van der Waals surface area contributed by atoms with Crippen molar-refractivity contribution in [2.75, 3.05) is 26.3 Å². The van der Waals surface area contributed by atoms with E-state index in [9.17, 15) is 0 Å². The second-order valence-corrected chi connectivity index (χ2v) is 1.36. The van der Waals surface area contributed by atoms with Crippen LogP contribution >= 0.6 is 12.4 Å². The molecular weight excluding hydrogens is 130 g/mol. The Labute approximate surface area is 55.1 Å². The summed E-state index contributed by atoms with van der Waals surface area (Å²) < 4.78 is 5.01. The highest BCUT2D eigenvalue weighted by molar-refractivity contribution is 5.85. The maximum atomic E-state index is 5.01. The summed E-state index contributed by atoms with van der Waals surface area (Å²) in [5, 5.41) is 3.16. The van der Waals surface area contributed by atoms with Crippen molar-refractivity contribution in [2.45, 2.75) is 0 Å². The molecule has 0 radical (unpaired) electrons. The summed E-state index contributed by atoms with van der Waals surface area (Å²) in [6.07, 6.45) is 0. The van der Waals surface area contributed by atoms with Gasteiger partial charge in [0, 0.05) is 13.1 Å². The first kappa shape index (κ1) is 11.0. The van der Waals surface area contributed by atoms with Gasteiger partial charge in [-0.15, -0.1) is 12.4 Å². The van der Waals surface area contributed by atoms with Gasteiger partial charge >= 0.3 is 0 Å². The van der Waals surface area contributed by atoms with Crippen LogP contribution in [0.15, 0.2) is 0 Å². The van der Waals surface area contributed by atoms with E-state index in [2.05, 4.69) is 5.32 Å². The van der Waals surface area contributed by atoms with Crippen LogP contribution in [-0.2, 0) is 4.74 Å². The third-order valence-corrected chi connectivity index (χ3v) is 0.846. The fourth-order valence-corrected chi connectivity index (χ4v) is 0.516. The van der Waals surface area contributed by atoms with Crippen LogP contribution in [-0.4, -0.2) is 31.8 Å². The smallest absolute Gasteiger partial charge is 0.0591 e. The van der Waals surface area contributed by atoms with E-state index in [1.54, 1.807) is 0 Å². The molecule has 0 aromatic carbocycles. The zero-order valence-corrected chi connectivity index (χ0v) is 5.46. The van der Waals surface area contributed by atoms with E-state index in [4.69, 9.17) is 4.74 Å². The maximum absolute atomic E-state index is 5.01. The average molecular weight is 142 g/mol. The molecule has 3 N–H and O–H groups in total. The molecule has 1 rings (SSSR count). The van der Waals surface area contributed by atoms with E-state index >= 15 is 0 Å². The van der Waals surface area contributed by atoms with E-state index in [0.717, 1.165) is 26.3 Å². The first-order chi connectivity index (χ1) is 3.00. The largest absolute Gasteiger partial charge is 0.412 e. The summed E-state index contributed by atoms with van der Waals surface area (Å²) in [7, 11) is 0. The van der Waals surface area contributed by atoms with Crippen molar-refractivity contribution in [3.05, 3.63) is 0 Å². The third-order valence-electron chi connectivity index (χ3n) is 0.846. The Bertz CT molecular complexity index is 29.5. The third kappa shape index (κ3) is 4.33. The molecule has 1 saturated heterocycles. The van der Waals surface area contributed by atoms with Crippen molar-refractivity contribution in [3.63, 3.8) is 0 Å². The van der Waals surface area contributed by atoms with Gasteiger partial charge in [0.05, 0.1) is 13.2 Å². The molecule has 0 aliphatic carbocycles. The van der Waals surface area contributed by atoms with Crippen LogP contribution < -0.4 is 5.32 Å². The predicted molar refractivity (Wildman–Crippen MR) is 34.6 cm³/mol. The molecule has 0 bridgehead atoms. The Morgan fingerprint density at radius 1 is 1.12 bits per heavy atom. The lowest BCUT2D eigenvalue weighted by molar-refractivity contribution is 0.109. The average Bonchev–Trinajstić information content (AvgIpc) is 1.72. The Kier molecular flexibility index (Phi) is 9.89. The van der Waals surface area contributed by atoms with Crippen molar-refractivity contribution < 1.29 is 10.2 Å². The SMILES string of the molecule is C1COCCN1.Cl.O. The topological polar surface area (TPSA) is 52.8 Å². The summed E-state index contributed by atoms with van der Waals surface area (Å²) in [5.74, 6) is 0. The van der Waals surface area contributed by atoms with Gasteiger partial charge in [-0.2, -0.15) is 0 Å². The van der Waals surface area contributed by atoms with E-state index in [1.807, 2.05) is 0 Å². The summed E-state index contributed by atoms with van der Waals surface area (Å²) in [6.45, 7) is 3.83. The van der Waals surface area contributed by atoms with Gasteiger partial charge in [0.25, 0.3) is 0 Å². The summed E-state index contributed by atoms with van der Waals surface area (Å²) in [5.41, 5.74) is 0. The Balaban J connectivity index is 0. The van der Waals surface area contributed by atoms with Crippen molar-refractivity contribution in [1.82, 2.24) is 5.32 Å². The minimum absolute atomic E-state index is 0. The molecule has 0 aromatic rings. The van der Waals surface area contributed by atoms with Crippen LogP contribution in [0.3, 0.4) is 0 Å². The summed E-state index contributed by atoms with van der Waals surface area (Å²) >= 11 is 0. The van der Waals surface area contributed by atoms with Gasteiger partial charge in [0.15, 0.2) is 0 Å². The van der Waals surface area contributed by atoms with E-state index in [-0.39, 0.29) is 17.9 Å². The molecule has 1 aliphatic rings. The lowest BCUT2D eigenvalue weighted by Crippen LogP contribution is -2.30. The van der Waals surface area contributed by atoms with Crippen LogP contribution in [0.5, 0.6) is 0 Å². The van der Waals surface area contributed by atoms with Gasteiger partial charge in [-0.05, 0) is 0 Å². The number of hydrogen-bond acceptors (Lipinski definition) is 2. The minimum Gasteiger partial charge on any atom is -0.412 e. The number of nitrogens with one attached hydrogen (secondary N) is 1. The fraction of sp³-hybridized carbons (Fsp3) is 1.00. The molecule has 0 amide bonds. The molecule has 3 nitrogen and oxygen atoms in total. The van der Waals surface area contributed by atoms with E-state index in [1.165, 1.54) is 0 Å². The van der Waals surface area contributed by atoms with Crippen LogP contribution in [0.2, 0.25) is 0 Å². The fourth-order valence-electron chi connectivity index (χ4n) is 0.516. The lowest BCUT2D eigenvalue weighted by atomic mass is 10.5. The molecule has 0 saturated carbocycles. The highest BCUT2D eigenvalue weighted by Crippen LogP contribution is 1.76. The number of halogens is 1. The Morgan fingerprint density at radius 2 is 1.62 bits per heavy atom. The normalized spacial score (nSPS) is 18.0. The molecule has 0 spiro atoms. The zero-order chi connectivity index (χ0) is 4.24. The predicted octanol–water partition coefficient (Wildman–Crippen LogP) is -0.797. The standard InChI is InChI=1S/C4H9NO.ClH.H2O/c1-3-6-4-2-5-1;;/h5H,1-4H2;1H;1H2. The maximum Gasteiger partial charge on any atom is 0.0591 e. The molecule has 1 heterocycles. The Hall–Kier alpha value is 0.170. The quantitative estimate of drug-likeness (QED) is 0.481. The first-order valence-corrected chi connectivity index (χ1v) is 2.28. The number of rotatable bonds is 0. The first-order valence-electron chi connectivity index (χ1n) is 2.28. The molecular formula is C4H12ClNO2. The van der Waals surface area contributed by atoms with Gasteiger partial charge in [-0.1, -0.05) is 0 Å². The highest BCUT2D eigenvalue weighted by Gasteiger charge is 1.92. The Morgan fingerprint density at radius 3 is 1.75 bits per heavy atom. The molecule has 8 heavy (non-hydrogen) atoms. The van der Waals surface area contributed by atoms with Gasteiger partial charge in [-0.3, -0.25) is 0 Å². The molecule has 1 fully saturated rings. The summed E-state index contributed by atoms with van der Waals surface area (Å²) in [4.78, 5) is 0. The summed E-state index contributed by atoms with van der Waals surface area (Å²) in [6, 6.07) is 0. The van der Waals surface area contributed by atoms with Crippen LogP contribution in [0.1, 0.15) is 0 Å². The zero-order valence-electron chi connectivity index (χ0n) is 4.64. The second-order valence-electron chi connectivity index (χ2n) is 1.36. The molecule has 4 heteroatoms. The van der Waals surface area contributed by atoms with Crippen molar-refractivity contribution in [3.8, 4) is 0 Å². The molecule has 0 unspecified atom stereocenters. The lowest BCUT2D eigenvalue weighted by Gasteiger charge is -2.10. The molecule has 0 atom stereocenters. The number of hydrogen-bond donors (Lipinski definition) is 1. The number of ether oxygens (including phenoxy) is 1. The monoisotopic (exact) mass is 141 g/mol. The van der Waals surface area contributed by atoms with E-state index < -0.39 is 0 Å². The van der Waals surface area contributed by atoms with Gasteiger partial charge < -0.3 is 15.5 Å². The van der Waals surface area contributed by atoms with Crippen molar-refractivity contribution >= 4 is 12.4 Å². The van der Waals surface area contributed by atoms with E-state index in [0.29, 0.717) is 0 Å². The van der Waals surface area contributed by atoms with Gasteiger partial charge in [0.1, 0.15) is 0 Å². The highest BCUT2D eigenvalue weighted by atomic mass is 35.5. The van der Waals surface area contributed by atoms with Crippen LogP contribution in [0.4, 0.5) is 0 Å². The van der Waals surface area contributed by atoms with Crippen LogP contribution in [0.25, 0.3) is 0 Å². The van der Waals surface area contributed by atoms with Crippen LogP contribution in [0, 0.1) is 0 Å². The molecule has 1 aliphatic heterocycles.